The number of fused-ring (bicyclic) bond motifs is 6. The van der Waals surface area contributed by atoms with E-state index in [-0.39, 0.29) is 0 Å². The number of aromatic nitrogens is 1. The third kappa shape index (κ3) is 3.56. The molecule has 3 heteroatoms. The smallest absolute Gasteiger partial charge is 0.229 e. The number of benzene rings is 6. The molecule has 0 aliphatic rings. The highest BCUT2D eigenvalue weighted by atomic mass is 16.3. The number of hydrogen-bond donors (Lipinski definition) is 0. The van der Waals surface area contributed by atoms with Gasteiger partial charge in [0.25, 0.3) is 0 Å². The van der Waals surface area contributed by atoms with Crippen LogP contribution in [-0.2, 0) is 0 Å². The van der Waals surface area contributed by atoms with E-state index < -0.39 is 0 Å². The summed E-state index contributed by atoms with van der Waals surface area (Å²) in [6, 6.07) is 49.2. The molecule has 3 nitrogen and oxygen atoms in total. The normalized spacial score (nSPS) is 11.5. The van der Waals surface area contributed by atoms with Gasteiger partial charge in [0.05, 0.1) is 16.8 Å². The van der Waals surface area contributed by atoms with Gasteiger partial charge in [0.2, 0.25) is 5.71 Å². The van der Waals surface area contributed by atoms with Crippen LogP contribution in [-0.4, -0.2) is 4.98 Å². The van der Waals surface area contributed by atoms with E-state index in [0.717, 1.165) is 33.4 Å². The molecule has 0 aliphatic carbocycles. The topological polar surface area (TPSA) is 29.3 Å². The minimum Gasteiger partial charge on any atom is -0.438 e. The summed E-state index contributed by atoms with van der Waals surface area (Å²) in [5.41, 5.74) is 7.06. The molecule has 0 fully saturated rings. The fourth-order valence-electron chi connectivity index (χ4n) is 5.88. The van der Waals surface area contributed by atoms with E-state index >= 15 is 0 Å². The van der Waals surface area contributed by atoms with Gasteiger partial charge in [-0.3, -0.25) is 0 Å². The van der Waals surface area contributed by atoms with Gasteiger partial charge in [-0.1, -0.05) is 109 Å². The molecular formula is C37H24N2O. The van der Waals surface area contributed by atoms with Crippen LogP contribution in [0.4, 0.5) is 17.1 Å². The van der Waals surface area contributed by atoms with Gasteiger partial charge in [-0.25, -0.2) is 4.98 Å². The number of nitrogens with zero attached hydrogens (tertiary/aromatic N) is 2. The van der Waals surface area contributed by atoms with Crippen molar-refractivity contribution in [3.63, 3.8) is 0 Å². The first-order valence-corrected chi connectivity index (χ1v) is 13.5. The number of rotatable bonds is 4. The summed E-state index contributed by atoms with van der Waals surface area (Å²) < 4.78 is 6.21. The second-order valence-electron chi connectivity index (χ2n) is 10.0. The van der Waals surface area contributed by atoms with Gasteiger partial charge in [-0.2, -0.15) is 0 Å². The molecule has 8 aromatic rings. The monoisotopic (exact) mass is 512 g/mol. The SMILES string of the molecule is c1ccc(-c2ccc(N(c3cc4ccccc4c4ccccc34)c3ccnc4oc5ccccc5c34)cc2)cc1. The predicted octanol–water partition coefficient (Wildman–Crippen LogP) is 10.4. The Kier molecular flexibility index (Phi) is 5.14. The van der Waals surface area contributed by atoms with Crippen molar-refractivity contribution >= 4 is 60.7 Å². The van der Waals surface area contributed by atoms with E-state index in [1.165, 1.54) is 32.7 Å². The molecule has 0 bridgehead atoms. The largest absolute Gasteiger partial charge is 0.438 e. The maximum Gasteiger partial charge on any atom is 0.229 e. The van der Waals surface area contributed by atoms with Crippen molar-refractivity contribution in [2.75, 3.05) is 4.90 Å². The minimum absolute atomic E-state index is 0.634. The Labute approximate surface area is 231 Å². The molecule has 8 rings (SSSR count). The van der Waals surface area contributed by atoms with Crippen molar-refractivity contribution in [2.45, 2.75) is 0 Å². The molecular weight excluding hydrogens is 488 g/mol. The van der Waals surface area contributed by atoms with Crippen molar-refractivity contribution in [3.8, 4) is 11.1 Å². The summed E-state index contributed by atoms with van der Waals surface area (Å²) in [6.45, 7) is 0. The van der Waals surface area contributed by atoms with Gasteiger partial charge < -0.3 is 9.32 Å². The summed E-state index contributed by atoms with van der Waals surface area (Å²) in [5, 5.41) is 6.91. The molecule has 6 aromatic carbocycles. The first-order valence-electron chi connectivity index (χ1n) is 13.5. The molecule has 0 amide bonds. The minimum atomic E-state index is 0.634. The lowest BCUT2D eigenvalue weighted by Crippen LogP contribution is -2.11. The highest BCUT2D eigenvalue weighted by Gasteiger charge is 2.22. The molecule has 0 atom stereocenters. The average molecular weight is 513 g/mol. The van der Waals surface area contributed by atoms with E-state index in [4.69, 9.17) is 4.42 Å². The molecule has 0 saturated carbocycles. The predicted molar refractivity (Wildman–Crippen MR) is 167 cm³/mol. The zero-order valence-electron chi connectivity index (χ0n) is 21.7. The highest BCUT2D eigenvalue weighted by molar-refractivity contribution is 6.17. The Morgan fingerprint density at radius 3 is 1.98 bits per heavy atom. The quantitative estimate of drug-likeness (QED) is 0.220. The van der Waals surface area contributed by atoms with Crippen molar-refractivity contribution in [3.05, 3.63) is 146 Å². The fraction of sp³-hybridized carbons (Fsp3) is 0. The van der Waals surface area contributed by atoms with Gasteiger partial charge in [-0.05, 0) is 57.6 Å². The Hall–Kier alpha value is -5.41. The fourth-order valence-corrected chi connectivity index (χ4v) is 5.88. The number of hydrogen-bond acceptors (Lipinski definition) is 3. The Morgan fingerprint density at radius 1 is 0.500 bits per heavy atom. The van der Waals surface area contributed by atoms with Gasteiger partial charge in [-0.15, -0.1) is 0 Å². The van der Waals surface area contributed by atoms with Crippen molar-refractivity contribution < 1.29 is 4.42 Å². The first kappa shape index (κ1) is 22.6. The second-order valence-corrected chi connectivity index (χ2v) is 10.0. The number of anilines is 3. The van der Waals surface area contributed by atoms with Gasteiger partial charge in [0.15, 0.2) is 0 Å². The highest BCUT2D eigenvalue weighted by Crippen LogP contribution is 2.46. The molecule has 0 saturated heterocycles. The lowest BCUT2D eigenvalue weighted by molar-refractivity contribution is 0.654. The molecule has 0 spiro atoms. The Morgan fingerprint density at radius 2 is 1.15 bits per heavy atom. The van der Waals surface area contributed by atoms with Crippen molar-refractivity contribution in [1.29, 1.82) is 0 Å². The van der Waals surface area contributed by atoms with Gasteiger partial charge in [0.1, 0.15) is 5.58 Å². The standard InChI is InChI=1S/C37H24N2O/c1-2-10-25(11-3-1)26-18-20-28(21-19-26)39(33-22-23-38-37-36(33)32-16-8-9-17-35(32)40-37)34-24-27-12-4-5-13-29(27)30-14-6-7-15-31(30)34/h1-24H. The second kappa shape index (κ2) is 9.11. The Bertz CT molecular complexity index is 2160. The van der Waals surface area contributed by atoms with Crippen LogP contribution in [0, 0.1) is 0 Å². The molecule has 2 aromatic heterocycles. The lowest BCUT2D eigenvalue weighted by atomic mass is 9.98. The number of furan rings is 1. The van der Waals surface area contributed by atoms with Crippen molar-refractivity contribution in [1.82, 2.24) is 4.98 Å². The zero-order chi connectivity index (χ0) is 26.5. The van der Waals surface area contributed by atoms with Crippen LogP contribution in [0.5, 0.6) is 0 Å². The van der Waals surface area contributed by atoms with E-state index in [1.807, 2.05) is 24.4 Å². The van der Waals surface area contributed by atoms with Crippen LogP contribution in [0.2, 0.25) is 0 Å². The summed E-state index contributed by atoms with van der Waals surface area (Å²) in [6.07, 6.45) is 1.84. The van der Waals surface area contributed by atoms with Gasteiger partial charge in [0, 0.05) is 22.7 Å². The molecule has 2 heterocycles. The number of pyridine rings is 1. The summed E-state index contributed by atoms with van der Waals surface area (Å²) in [4.78, 5) is 6.98. The summed E-state index contributed by atoms with van der Waals surface area (Å²) in [5.74, 6) is 0. The molecule has 0 N–H and O–H groups in total. The summed E-state index contributed by atoms with van der Waals surface area (Å²) in [7, 11) is 0. The maximum absolute atomic E-state index is 6.21. The van der Waals surface area contributed by atoms with Crippen LogP contribution in [0.3, 0.4) is 0 Å². The summed E-state index contributed by atoms with van der Waals surface area (Å²) >= 11 is 0. The average Bonchev–Trinajstić information content (AvgIpc) is 3.41. The third-order valence-corrected chi connectivity index (χ3v) is 7.72. The maximum atomic E-state index is 6.21. The van der Waals surface area contributed by atoms with Gasteiger partial charge >= 0.3 is 0 Å². The molecule has 40 heavy (non-hydrogen) atoms. The van der Waals surface area contributed by atoms with Crippen LogP contribution in [0.25, 0.3) is 54.7 Å². The van der Waals surface area contributed by atoms with Crippen LogP contribution in [0.15, 0.2) is 150 Å². The van der Waals surface area contributed by atoms with Crippen molar-refractivity contribution in [2.24, 2.45) is 0 Å². The van der Waals surface area contributed by atoms with E-state index in [1.54, 1.807) is 0 Å². The Balaban J connectivity index is 1.45. The van der Waals surface area contributed by atoms with E-state index in [0.29, 0.717) is 5.71 Å². The molecule has 188 valence electrons. The van der Waals surface area contributed by atoms with E-state index in [9.17, 15) is 0 Å². The molecule has 0 unspecified atom stereocenters. The van der Waals surface area contributed by atoms with Crippen LogP contribution in [0.1, 0.15) is 0 Å². The third-order valence-electron chi connectivity index (χ3n) is 7.72. The molecule has 0 radical (unpaired) electrons. The van der Waals surface area contributed by atoms with Crippen LogP contribution >= 0.6 is 0 Å². The molecule has 0 aliphatic heterocycles. The first-order chi connectivity index (χ1) is 19.8. The zero-order valence-corrected chi connectivity index (χ0v) is 21.7. The van der Waals surface area contributed by atoms with E-state index in [2.05, 4.69) is 131 Å². The lowest BCUT2D eigenvalue weighted by Gasteiger charge is -2.28. The number of para-hydroxylation sites is 1. The van der Waals surface area contributed by atoms with Crippen LogP contribution < -0.4 is 4.90 Å².